The molecule has 3 heterocycles. The van der Waals surface area contributed by atoms with Crippen LogP contribution in [0.15, 0.2) is 42.6 Å². The van der Waals surface area contributed by atoms with E-state index < -0.39 is 0 Å². The van der Waals surface area contributed by atoms with Crippen molar-refractivity contribution >= 4 is 32.6 Å². The van der Waals surface area contributed by atoms with Crippen molar-refractivity contribution < 1.29 is 9.53 Å². The van der Waals surface area contributed by atoms with Crippen LogP contribution >= 0.6 is 11.3 Å². The minimum atomic E-state index is -0.213. The molecule has 0 bridgehead atoms. The second-order valence-corrected chi connectivity index (χ2v) is 7.74. The fourth-order valence-electron chi connectivity index (χ4n) is 3.06. The normalized spacial score (nSPS) is 11.0. The Bertz CT molecular complexity index is 1160. The quantitative estimate of drug-likeness (QED) is 0.502. The SMILES string of the molecule is COc1ccc(C)c2sc(N(Cc3ccccn3)C(=O)c3cc(C)n(C)n3)nc12. The zero-order valence-electron chi connectivity index (χ0n) is 16.7. The predicted molar refractivity (Wildman–Crippen MR) is 114 cm³/mol. The molecule has 0 atom stereocenters. The number of amides is 1. The van der Waals surface area contributed by atoms with Crippen LogP contribution in [0.1, 0.15) is 27.4 Å². The number of aromatic nitrogens is 4. The van der Waals surface area contributed by atoms with Crippen LogP contribution in [0.4, 0.5) is 5.13 Å². The van der Waals surface area contributed by atoms with Gasteiger partial charge < -0.3 is 4.74 Å². The third-order valence-electron chi connectivity index (χ3n) is 4.77. The summed E-state index contributed by atoms with van der Waals surface area (Å²) in [6.45, 7) is 4.24. The van der Waals surface area contributed by atoms with Crippen molar-refractivity contribution in [3.8, 4) is 5.75 Å². The van der Waals surface area contributed by atoms with Crippen molar-refractivity contribution in [3.05, 3.63) is 65.2 Å². The van der Waals surface area contributed by atoms with E-state index in [2.05, 4.69) is 10.1 Å². The minimum Gasteiger partial charge on any atom is -0.494 e. The number of carbonyl (C=O) groups excluding carboxylic acids is 1. The Morgan fingerprint density at radius 2 is 2.07 bits per heavy atom. The Kier molecular flexibility index (Phi) is 5.02. The fourth-order valence-corrected chi connectivity index (χ4v) is 4.11. The van der Waals surface area contributed by atoms with E-state index in [-0.39, 0.29) is 5.91 Å². The average molecular weight is 407 g/mol. The van der Waals surface area contributed by atoms with E-state index >= 15 is 0 Å². The van der Waals surface area contributed by atoms with E-state index in [1.165, 1.54) is 11.3 Å². The molecular weight excluding hydrogens is 386 g/mol. The smallest absolute Gasteiger partial charge is 0.280 e. The number of aryl methyl sites for hydroxylation is 3. The number of hydrogen-bond donors (Lipinski definition) is 0. The summed E-state index contributed by atoms with van der Waals surface area (Å²) in [5.74, 6) is 0.474. The molecule has 8 heteroatoms. The molecule has 29 heavy (non-hydrogen) atoms. The number of nitrogens with zero attached hydrogens (tertiary/aromatic N) is 5. The zero-order valence-corrected chi connectivity index (χ0v) is 17.5. The number of carbonyl (C=O) groups is 1. The summed E-state index contributed by atoms with van der Waals surface area (Å²) in [7, 11) is 3.44. The Hall–Kier alpha value is -3.26. The highest BCUT2D eigenvalue weighted by molar-refractivity contribution is 7.22. The number of fused-ring (bicyclic) bond motifs is 1. The van der Waals surface area contributed by atoms with Gasteiger partial charge in [0.2, 0.25) is 0 Å². The summed E-state index contributed by atoms with van der Waals surface area (Å²) >= 11 is 1.47. The highest BCUT2D eigenvalue weighted by Crippen LogP contribution is 2.37. The maximum Gasteiger partial charge on any atom is 0.280 e. The molecule has 0 aliphatic carbocycles. The number of hydrogen-bond acceptors (Lipinski definition) is 6. The molecule has 7 nitrogen and oxygen atoms in total. The number of methoxy groups -OCH3 is 1. The lowest BCUT2D eigenvalue weighted by atomic mass is 10.2. The first-order chi connectivity index (χ1) is 14.0. The van der Waals surface area contributed by atoms with E-state index in [9.17, 15) is 4.79 Å². The van der Waals surface area contributed by atoms with Crippen molar-refractivity contribution in [3.63, 3.8) is 0 Å². The second-order valence-electron chi connectivity index (χ2n) is 6.77. The summed E-state index contributed by atoms with van der Waals surface area (Å²) < 4.78 is 8.16. The van der Waals surface area contributed by atoms with Gasteiger partial charge in [0.1, 0.15) is 11.3 Å². The molecule has 148 valence electrons. The van der Waals surface area contributed by atoms with Crippen LogP contribution in [0, 0.1) is 13.8 Å². The van der Waals surface area contributed by atoms with Gasteiger partial charge in [0, 0.05) is 18.9 Å². The molecule has 0 radical (unpaired) electrons. The molecule has 0 aliphatic rings. The summed E-state index contributed by atoms with van der Waals surface area (Å²) in [6, 6.07) is 11.3. The van der Waals surface area contributed by atoms with Crippen molar-refractivity contribution in [1.29, 1.82) is 0 Å². The lowest BCUT2D eigenvalue weighted by Crippen LogP contribution is -2.31. The number of rotatable bonds is 5. The summed E-state index contributed by atoms with van der Waals surface area (Å²) in [5, 5.41) is 4.95. The molecule has 3 aromatic heterocycles. The molecule has 0 spiro atoms. The fraction of sp³-hybridized carbons (Fsp3) is 0.238. The first-order valence-corrected chi connectivity index (χ1v) is 9.96. The van der Waals surface area contributed by atoms with Crippen LogP contribution in [0.3, 0.4) is 0 Å². The predicted octanol–water partition coefficient (Wildman–Crippen LogP) is 3.90. The number of benzene rings is 1. The number of thiazole rings is 1. The van der Waals surface area contributed by atoms with Crippen LogP contribution in [0.2, 0.25) is 0 Å². The first kappa shape index (κ1) is 19.1. The largest absolute Gasteiger partial charge is 0.494 e. The summed E-state index contributed by atoms with van der Waals surface area (Å²) in [4.78, 5) is 24.2. The third kappa shape index (κ3) is 3.58. The molecule has 0 saturated carbocycles. The number of ether oxygens (including phenoxy) is 1. The monoisotopic (exact) mass is 407 g/mol. The van der Waals surface area contributed by atoms with Crippen LogP contribution in [0.25, 0.3) is 10.2 Å². The second kappa shape index (κ2) is 7.63. The molecule has 4 aromatic rings. The van der Waals surface area contributed by atoms with Gasteiger partial charge in [0.25, 0.3) is 5.91 Å². The highest BCUT2D eigenvalue weighted by atomic mass is 32.1. The summed E-state index contributed by atoms with van der Waals surface area (Å²) in [6.07, 6.45) is 1.72. The molecule has 0 aliphatic heterocycles. The van der Waals surface area contributed by atoms with Gasteiger partial charge in [0.05, 0.1) is 24.0 Å². The highest BCUT2D eigenvalue weighted by Gasteiger charge is 2.25. The van der Waals surface area contributed by atoms with Crippen molar-refractivity contribution in [2.75, 3.05) is 12.0 Å². The van der Waals surface area contributed by atoms with Gasteiger partial charge in [-0.2, -0.15) is 5.10 Å². The van der Waals surface area contributed by atoms with Crippen LogP contribution < -0.4 is 9.64 Å². The average Bonchev–Trinajstić information content (AvgIpc) is 3.31. The molecular formula is C21H21N5O2S. The zero-order chi connectivity index (χ0) is 20.5. The molecule has 0 saturated heterocycles. The Balaban J connectivity index is 1.82. The minimum absolute atomic E-state index is 0.213. The van der Waals surface area contributed by atoms with Gasteiger partial charge >= 0.3 is 0 Å². The molecule has 4 rings (SSSR count). The Labute approximate surface area is 172 Å². The summed E-state index contributed by atoms with van der Waals surface area (Å²) in [5.41, 5.74) is 3.90. The van der Waals surface area contributed by atoms with E-state index in [1.54, 1.807) is 29.0 Å². The molecule has 1 aromatic carbocycles. The molecule has 1 amide bonds. The van der Waals surface area contributed by atoms with E-state index in [0.717, 1.165) is 27.2 Å². The Morgan fingerprint density at radius 3 is 2.72 bits per heavy atom. The lowest BCUT2D eigenvalue weighted by Gasteiger charge is -2.18. The molecule has 0 fully saturated rings. The topological polar surface area (TPSA) is 73.1 Å². The van der Waals surface area contributed by atoms with Crippen molar-refractivity contribution in [2.24, 2.45) is 7.05 Å². The standard InChI is InChI=1S/C21H21N5O2S/c1-13-8-9-17(28-4)18-19(13)29-21(23-18)26(12-15-7-5-6-10-22-15)20(27)16-11-14(2)25(3)24-16/h5-11H,12H2,1-4H3. The Morgan fingerprint density at radius 1 is 1.24 bits per heavy atom. The van der Waals surface area contributed by atoms with Crippen LogP contribution in [-0.4, -0.2) is 32.8 Å². The van der Waals surface area contributed by atoms with E-state index in [4.69, 9.17) is 9.72 Å². The maximum atomic E-state index is 13.4. The van der Waals surface area contributed by atoms with E-state index in [1.807, 2.05) is 51.2 Å². The van der Waals surface area contributed by atoms with Crippen LogP contribution in [0.5, 0.6) is 5.75 Å². The van der Waals surface area contributed by atoms with Crippen LogP contribution in [-0.2, 0) is 13.6 Å². The maximum absolute atomic E-state index is 13.4. The van der Waals surface area contributed by atoms with Crippen molar-refractivity contribution in [2.45, 2.75) is 20.4 Å². The molecule has 0 unspecified atom stereocenters. The van der Waals surface area contributed by atoms with Gasteiger partial charge in [-0.3, -0.25) is 19.4 Å². The van der Waals surface area contributed by atoms with Crippen molar-refractivity contribution in [1.82, 2.24) is 19.7 Å². The van der Waals surface area contributed by atoms with E-state index in [0.29, 0.717) is 23.1 Å². The van der Waals surface area contributed by atoms with Gasteiger partial charge in [0.15, 0.2) is 10.8 Å². The first-order valence-electron chi connectivity index (χ1n) is 9.14. The number of anilines is 1. The van der Waals surface area contributed by atoms with Gasteiger partial charge in [-0.25, -0.2) is 4.98 Å². The van der Waals surface area contributed by atoms with Gasteiger partial charge in [-0.15, -0.1) is 0 Å². The van der Waals surface area contributed by atoms with Gasteiger partial charge in [-0.05, 0) is 43.7 Å². The third-order valence-corrected chi connectivity index (χ3v) is 5.98. The number of pyridine rings is 1. The van der Waals surface area contributed by atoms with Gasteiger partial charge in [-0.1, -0.05) is 23.5 Å². The lowest BCUT2D eigenvalue weighted by molar-refractivity contribution is 0.0979. The molecule has 0 N–H and O–H groups in total.